The SMILES string of the molecule is CN(C(=O)c1ccc2c(c1)[C@H](NC(=O)c1cncnc1)CC2)C1CCN(c2ccncc2)CC1. The number of hydrogen-bond donors (Lipinski definition) is 1. The van der Waals surface area contributed by atoms with Crippen LogP contribution in [0.4, 0.5) is 5.69 Å². The maximum Gasteiger partial charge on any atom is 0.254 e. The molecule has 2 aliphatic rings. The van der Waals surface area contributed by atoms with Gasteiger partial charge in [0.1, 0.15) is 6.33 Å². The number of anilines is 1. The molecule has 0 spiro atoms. The maximum absolute atomic E-state index is 13.3. The van der Waals surface area contributed by atoms with E-state index < -0.39 is 0 Å². The second-order valence-electron chi connectivity index (χ2n) is 8.95. The van der Waals surface area contributed by atoms with Gasteiger partial charge in [0.25, 0.3) is 11.8 Å². The molecule has 1 fully saturated rings. The number of nitrogens with one attached hydrogen (secondary N) is 1. The summed E-state index contributed by atoms with van der Waals surface area (Å²) in [4.78, 5) is 42.1. The highest BCUT2D eigenvalue weighted by Gasteiger charge is 2.29. The molecule has 1 aromatic carbocycles. The average molecular weight is 457 g/mol. The number of carbonyl (C=O) groups excluding carboxylic acids is 2. The third-order valence-corrected chi connectivity index (χ3v) is 6.96. The highest BCUT2D eigenvalue weighted by atomic mass is 16.2. The fraction of sp³-hybridized carbons (Fsp3) is 0.346. The molecule has 2 amide bonds. The van der Waals surface area contributed by atoms with E-state index >= 15 is 0 Å². The number of piperidine rings is 1. The first-order valence-corrected chi connectivity index (χ1v) is 11.7. The van der Waals surface area contributed by atoms with Gasteiger partial charge in [0.05, 0.1) is 11.6 Å². The molecular formula is C26H28N6O2. The number of fused-ring (bicyclic) bond motifs is 1. The molecule has 1 saturated heterocycles. The summed E-state index contributed by atoms with van der Waals surface area (Å²) in [7, 11) is 1.90. The van der Waals surface area contributed by atoms with Crippen LogP contribution in [0.3, 0.4) is 0 Å². The third kappa shape index (κ3) is 4.48. The molecule has 34 heavy (non-hydrogen) atoms. The second-order valence-corrected chi connectivity index (χ2v) is 8.95. The molecular weight excluding hydrogens is 428 g/mol. The molecule has 1 aliphatic carbocycles. The quantitative estimate of drug-likeness (QED) is 0.635. The monoisotopic (exact) mass is 456 g/mol. The molecule has 0 unspecified atom stereocenters. The zero-order chi connectivity index (χ0) is 23.5. The fourth-order valence-corrected chi connectivity index (χ4v) is 4.98. The Hall–Kier alpha value is -3.81. The van der Waals surface area contributed by atoms with Crippen molar-refractivity contribution in [2.24, 2.45) is 0 Å². The van der Waals surface area contributed by atoms with E-state index in [1.807, 2.05) is 54.7 Å². The van der Waals surface area contributed by atoms with Crippen molar-refractivity contribution in [2.45, 2.75) is 37.8 Å². The minimum absolute atomic E-state index is 0.0265. The van der Waals surface area contributed by atoms with E-state index in [0.29, 0.717) is 11.1 Å². The predicted molar refractivity (Wildman–Crippen MR) is 129 cm³/mol. The van der Waals surface area contributed by atoms with Crippen molar-refractivity contribution >= 4 is 17.5 Å². The number of pyridine rings is 1. The Morgan fingerprint density at radius 3 is 2.44 bits per heavy atom. The van der Waals surface area contributed by atoms with Gasteiger partial charge in [-0.15, -0.1) is 0 Å². The van der Waals surface area contributed by atoms with E-state index in [0.717, 1.165) is 44.3 Å². The van der Waals surface area contributed by atoms with Crippen LogP contribution in [0.2, 0.25) is 0 Å². The Labute approximate surface area is 199 Å². The van der Waals surface area contributed by atoms with Crippen molar-refractivity contribution in [3.05, 3.63) is 83.7 Å². The van der Waals surface area contributed by atoms with Crippen molar-refractivity contribution in [2.75, 3.05) is 25.0 Å². The van der Waals surface area contributed by atoms with Gasteiger partial charge in [-0.25, -0.2) is 9.97 Å². The number of amides is 2. The molecule has 1 aliphatic heterocycles. The first-order chi connectivity index (χ1) is 16.6. The highest BCUT2D eigenvalue weighted by Crippen LogP contribution is 2.33. The van der Waals surface area contributed by atoms with Crippen LogP contribution in [0.1, 0.15) is 57.1 Å². The van der Waals surface area contributed by atoms with Gasteiger partial charge in [-0.05, 0) is 61.1 Å². The van der Waals surface area contributed by atoms with Gasteiger partial charge in [0.15, 0.2) is 0 Å². The van der Waals surface area contributed by atoms with Crippen LogP contribution >= 0.6 is 0 Å². The molecule has 3 heterocycles. The number of benzene rings is 1. The Bertz CT molecular complexity index is 1160. The topological polar surface area (TPSA) is 91.3 Å². The lowest BCUT2D eigenvalue weighted by Gasteiger charge is -2.38. The lowest BCUT2D eigenvalue weighted by Crippen LogP contribution is -2.45. The summed E-state index contributed by atoms with van der Waals surface area (Å²) in [5, 5.41) is 3.08. The third-order valence-electron chi connectivity index (χ3n) is 6.96. The van der Waals surface area contributed by atoms with E-state index in [1.165, 1.54) is 30.0 Å². The summed E-state index contributed by atoms with van der Waals surface area (Å²) < 4.78 is 0. The molecule has 3 aromatic rings. The zero-order valence-electron chi connectivity index (χ0n) is 19.2. The summed E-state index contributed by atoms with van der Waals surface area (Å²) in [6, 6.07) is 10.0. The zero-order valence-corrected chi connectivity index (χ0v) is 19.2. The van der Waals surface area contributed by atoms with Crippen molar-refractivity contribution in [1.82, 2.24) is 25.2 Å². The second kappa shape index (κ2) is 9.59. The minimum Gasteiger partial charge on any atom is -0.371 e. The number of nitrogens with zero attached hydrogens (tertiary/aromatic N) is 5. The molecule has 8 nitrogen and oxygen atoms in total. The minimum atomic E-state index is -0.201. The van der Waals surface area contributed by atoms with Crippen LogP contribution < -0.4 is 10.2 Å². The maximum atomic E-state index is 13.3. The Balaban J connectivity index is 1.24. The van der Waals surface area contributed by atoms with Crippen molar-refractivity contribution < 1.29 is 9.59 Å². The number of carbonyl (C=O) groups is 2. The summed E-state index contributed by atoms with van der Waals surface area (Å²) in [5.41, 5.74) is 4.48. The highest BCUT2D eigenvalue weighted by molar-refractivity contribution is 5.95. The van der Waals surface area contributed by atoms with E-state index in [4.69, 9.17) is 0 Å². The lowest BCUT2D eigenvalue weighted by atomic mass is 10.00. The molecule has 2 aromatic heterocycles. The van der Waals surface area contributed by atoms with Crippen molar-refractivity contribution in [3.8, 4) is 0 Å². The van der Waals surface area contributed by atoms with Crippen LogP contribution in [0, 0.1) is 0 Å². The molecule has 0 bridgehead atoms. The van der Waals surface area contributed by atoms with Crippen molar-refractivity contribution in [3.63, 3.8) is 0 Å². The van der Waals surface area contributed by atoms with Crippen LogP contribution in [-0.2, 0) is 6.42 Å². The number of hydrogen-bond acceptors (Lipinski definition) is 6. The van der Waals surface area contributed by atoms with Crippen LogP contribution in [0.15, 0.2) is 61.4 Å². The molecule has 5 rings (SSSR count). The first kappa shape index (κ1) is 22.0. The smallest absolute Gasteiger partial charge is 0.254 e. The first-order valence-electron chi connectivity index (χ1n) is 11.7. The average Bonchev–Trinajstić information content (AvgIpc) is 3.30. The van der Waals surface area contributed by atoms with E-state index in [-0.39, 0.29) is 23.9 Å². The number of rotatable bonds is 5. The van der Waals surface area contributed by atoms with Gasteiger partial charge in [-0.3, -0.25) is 14.6 Å². The molecule has 8 heteroatoms. The largest absolute Gasteiger partial charge is 0.371 e. The van der Waals surface area contributed by atoms with Gasteiger partial charge in [-0.1, -0.05) is 6.07 Å². The summed E-state index contributed by atoms with van der Waals surface area (Å²) >= 11 is 0. The number of aromatic nitrogens is 3. The molecule has 0 saturated carbocycles. The fourth-order valence-electron chi connectivity index (χ4n) is 4.98. The number of aryl methyl sites for hydroxylation is 1. The van der Waals surface area contributed by atoms with Crippen molar-refractivity contribution in [1.29, 1.82) is 0 Å². The summed E-state index contributed by atoms with van der Waals surface area (Å²) in [6.45, 7) is 1.82. The van der Waals surface area contributed by atoms with Gasteiger partial charge in [0, 0.05) is 62.2 Å². The van der Waals surface area contributed by atoms with Crippen LogP contribution in [0.5, 0.6) is 0 Å². The molecule has 1 atom stereocenters. The van der Waals surface area contributed by atoms with Gasteiger partial charge < -0.3 is 15.1 Å². The standard InChI is InChI=1S/C26H28N6O2/c1-31(21-8-12-32(13-9-21)22-6-10-27-11-7-22)26(34)19-3-2-18-4-5-24(23(18)14-19)30-25(33)20-15-28-17-29-16-20/h2-3,6-7,10-11,14-17,21,24H,4-5,8-9,12-13H2,1H3,(H,30,33)/t24-/m1/s1. The summed E-state index contributed by atoms with van der Waals surface area (Å²) in [6.07, 6.45) is 11.6. The normalized spacial score (nSPS) is 17.8. The van der Waals surface area contributed by atoms with Gasteiger partial charge in [0.2, 0.25) is 0 Å². The van der Waals surface area contributed by atoms with Crippen LogP contribution in [0.25, 0.3) is 0 Å². The molecule has 1 N–H and O–H groups in total. The molecule has 0 radical (unpaired) electrons. The Morgan fingerprint density at radius 2 is 1.71 bits per heavy atom. The lowest BCUT2D eigenvalue weighted by molar-refractivity contribution is 0.0709. The van der Waals surface area contributed by atoms with E-state index in [2.05, 4.69) is 25.2 Å². The Morgan fingerprint density at radius 1 is 0.971 bits per heavy atom. The Kier molecular flexibility index (Phi) is 6.20. The summed E-state index contributed by atoms with van der Waals surface area (Å²) in [5.74, 6) is -0.174. The van der Waals surface area contributed by atoms with Gasteiger partial charge in [-0.2, -0.15) is 0 Å². The van der Waals surface area contributed by atoms with E-state index in [1.54, 1.807) is 0 Å². The van der Waals surface area contributed by atoms with Crippen LogP contribution in [-0.4, -0.2) is 57.8 Å². The van der Waals surface area contributed by atoms with Gasteiger partial charge >= 0.3 is 0 Å². The van der Waals surface area contributed by atoms with E-state index in [9.17, 15) is 9.59 Å². The molecule has 174 valence electrons. The predicted octanol–water partition coefficient (Wildman–Crippen LogP) is 3.03.